The summed E-state index contributed by atoms with van der Waals surface area (Å²) in [5.41, 5.74) is 9.26. The molecule has 148 valence electrons. The Morgan fingerprint density at radius 3 is 2.90 bits per heavy atom. The molecule has 1 aliphatic rings. The van der Waals surface area contributed by atoms with Crippen LogP contribution in [0.1, 0.15) is 17.5 Å². The summed E-state index contributed by atoms with van der Waals surface area (Å²) >= 11 is 0. The molecule has 0 saturated heterocycles. The van der Waals surface area contributed by atoms with Gasteiger partial charge in [-0.2, -0.15) is 4.98 Å². The Morgan fingerprint density at radius 1 is 1.21 bits per heavy atom. The van der Waals surface area contributed by atoms with Crippen LogP contribution in [0, 0.1) is 6.92 Å². The van der Waals surface area contributed by atoms with Gasteiger partial charge in [-0.25, -0.2) is 4.98 Å². The summed E-state index contributed by atoms with van der Waals surface area (Å²) < 4.78 is 1.41. The molecule has 3 aromatic rings. The van der Waals surface area contributed by atoms with E-state index in [0.717, 1.165) is 22.5 Å². The number of aromatic nitrogens is 3. The number of pyridine rings is 1. The van der Waals surface area contributed by atoms with Gasteiger partial charge < -0.3 is 26.3 Å². The van der Waals surface area contributed by atoms with E-state index in [1.54, 1.807) is 24.5 Å². The molecule has 5 N–H and O–H groups in total. The van der Waals surface area contributed by atoms with Crippen molar-refractivity contribution in [2.75, 3.05) is 16.0 Å². The number of nitrogens with one attached hydrogen (secondary N) is 3. The summed E-state index contributed by atoms with van der Waals surface area (Å²) in [6.45, 7) is 1.96. The second-order valence-electron chi connectivity index (χ2n) is 6.77. The van der Waals surface area contributed by atoms with Crippen molar-refractivity contribution in [3.8, 4) is 0 Å². The normalized spacial score (nSPS) is 12.8. The lowest BCUT2D eigenvalue weighted by atomic mass is 10.0. The van der Waals surface area contributed by atoms with Gasteiger partial charge in [0.1, 0.15) is 11.5 Å². The molecule has 3 heterocycles. The van der Waals surface area contributed by atoms with Crippen LogP contribution in [0.5, 0.6) is 0 Å². The summed E-state index contributed by atoms with van der Waals surface area (Å²) in [5.74, 6) is 0.956. The molecule has 0 spiro atoms. The topological polar surface area (TPSA) is 127 Å². The maximum Gasteiger partial charge on any atom is 0.275 e. The van der Waals surface area contributed by atoms with E-state index in [2.05, 4.69) is 25.9 Å². The Kier molecular flexibility index (Phi) is 4.96. The lowest BCUT2D eigenvalue weighted by Crippen LogP contribution is -2.25. The molecule has 9 heteroatoms. The molecule has 1 aromatic carbocycles. The minimum atomic E-state index is -0.223. The van der Waals surface area contributed by atoms with E-state index >= 15 is 0 Å². The molecule has 0 atom stereocenters. The SMILES string of the molecule is Cc1cnc(Nc2ccc3c(c2)CCC(=O)N3)nc1Nc1cccn(CN)c1=O. The van der Waals surface area contributed by atoms with Crippen molar-refractivity contribution >= 4 is 34.7 Å². The number of rotatable bonds is 5. The van der Waals surface area contributed by atoms with Gasteiger partial charge in [-0.05, 0) is 49.2 Å². The number of amides is 1. The van der Waals surface area contributed by atoms with E-state index in [1.807, 2.05) is 25.1 Å². The van der Waals surface area contributed by atoms with Gasteiger partial charge in [0, 0.05) is 35.8 Å². The van der Waals surface area contributed by atoms with Gasteiger partial charge in [0.25, 0.3) is 5.56 Å². The van der Waals surface area contributed by atoms with E-state index in [-0.39, 0.29) is 18.1 Å². The van der Waals surface area contributed by atoms with E-state index in [0.29, 0.717) is 30.3 Å². The van der Waals surface area contributed by atoms with E-state index in [9.17, 15) is 9.59 Å². The molecule has 0 radical (unpaired) electrons. The van der Waals surface area contributed by atoms with Crippen LogP contribution < -0.4 is 27.2 Å². The molecule has 0 aliphatic carbocycles. The molecule has 0 bridgehead atoms. The maximum atomic E-state index is 12.4. The Balaban J connectivity index is 1.58. The molecule has 4 rings (SSSR count). The lowest BCUT2D eigenvalue weighted by Gasteiger charge is -2.18. The fraction of sp³-hybridized carbons (Fsp3) is 0.200. The predicted octanol–water partition coefficient (Wildman–Crippen LogP) is 2.23. The zero-order chi connectivity index (χ0) is 20.4. The van der Waals surface area contributed by atoms with Crippen LogP contribution >= 0.6 is 0 Å². The van der Waals surface area contributed by atoms with Crippen molar-refractivity contribution < 1.29 is 4.79 Å². The third-order valence-corrected chi connectivity index (χ3v) is 4.70. The molecule has 1 aliphatic heterocycles. The number of aryl methyl sites for hydroxylation is 2. The molecule has 0 unspecified atom stereocenters. The van der Waals surface area contributed by atoms with Crippen LogP contribution in [0.4, 0.5) is 28.8 Å². The molecular formula is C20H21N7O2. The minimum Gasteiger partial charge on any atom is -0.335 e. The smallest absolute Gasteiger partial charge is 0.275 e. The number of nitrogens with two attached hydrogens (primary N) is 1. The zero-order valence-corrected chi connectivity index (χ0v) is 15.9. The average molecular weight is 391 g/mol. The third-order valence-electron chi connectivity index (χ3n) is 4.70. The first-order valence-corrected chi connectivity index (χ1v) is 9.23. The molecule has 2 aromatic heterocycles. The van der Waals surface area contributed by atoms with Crippen molar-refractivity contribution in [2.45, 2.75) is 26.4 Å². The summed E-state index contributed by atoms with van der Waals surface area (Å²) in [7, 11) is 0. The van der Waals surface area contributed by atoms with E-state index < -0.39 is 0 Å². The van der Waals surface area contributed by atoms with Gasteiger partial charge in [0.2, 0.25) is 11.9 Å². The summed E-state index contributed by atoms with van der Waals surface area (Å²) in [5, 5.41) is 9.11. The first-order chi connectivity index (χ1) is 14.0. The summed E-state index contributed by atoms with van der Waals surface area (Å²) in [6.07, 6.45) is 4.48. The van der Waals surface area contributed by atoms with Gasteiger partial charge in [-0.3, -0.25) is 9.59 Å². The molecule has 0 fully saturated rings. The first kappa shape index (κ1) is 18.6. The number of anilines is 5. The quantitative estimate of drug-likeness (QED) is 0.525. The Morgan fingerprint density at radius 2 is 2.07 bits per heavy atom. The van der Waals surface area contributed by atoms with Crippen molar-refractivity contribution in [3.05, 3.63) is 64.2 Å². The van der Waals surface area contributed by atoms with Crippen LogP contribution in [0.15, 0.2) is 47.5 Å². The Hall–Kier alpha value is -3.72. The largest absolute Gasteiger partial charge is 0.335 e. The van der Waals surface area contributed by atoms with Gasteiger partial charge >= 0.3 is 0 Å². The number of carbonyl (C=O) groups is 1. The fourth-order valence-corrected chi connectivity index (χ4v) is 3.12. The van der Waals surface area contributed by atoms with Gasteiger partial charge in [0.15, 0.2) is 0 Å². The second kappa shape index (κ2) is 7.72. The average Bonchev–Trinajstić information content (AvgIpc) is 2.72. The van der Waals surface area contributed by atoms with E-state index in [4.69, 9.17) is 5.73 Å². The minimum absolute atomic E-state index is 0.0328. The molecule has 0 saturated carbocycles. The predicted molar refractivity (Wildman–Crippen MR) is 112 cm³/mol. The molecular weight excluding hydrogens is 370 g/mol. The van der Waals surface area contributed by atoms with Gasteiger partial charge in [-0.15, -0.1) is 0 Å². The van der Waals surface area contributed by atoms with Crippen LogP contribution in [-0.2, 0) is 17.9 Å². The number of fused-ring (bicyclic) bond motifs is 1. The third kappa shape index (κ3) is 3.94. The van der Waals surface area contributed by atoms with Crippen LogP contribution in [-0.4, -0.2) is 20.4 Å². The van der Waals surface area contributed by atoms with Crippen molar-refractivity contribution in [3.63, 3.8) is 0 Å². The lowest BCUT2D eigenvalue weighted by molar-refractivity contribution is -0.116. The first-order valence-electron chi connectivity index (χ1n) is 9.23. The number of nitrogens with zero attached hydrogens (tertiary/aromatic N) is 3. The number of carbonyl (C=O) groups excluding carboxylic acids is 1. The molecule has 9 nitrogen and oxygen atoms in total. The van der Waals surface area contributed by atoms with Crippen LogP contribution in [0.3, 0.4) is 0 Å². The highest BCUT2D eigenvalue weighted by Crippen LogP contribution is 2.27. The monoisotopic (exact) mass is 391 g/mol. The number of hydrogen-bond acceptors (Lipinski definition) is 7. The maximum absolute atomic E-state index is 12.4. The number of hydrogen-bond donors (Lipinski definition) is 4. The zero-order valence-electron chi connectivity index (χ0n) is 15.9. The second-order valence-corrected chi connectivity index (χ2v) is 6.77. The summed E-state index contributed by atoms with van der Waals surface area (Å²) in [6, 6.07) is 9.13. The van der Waals surface area contributed by atoms with Crippen molar-refractivity contribution in [1.82, 2.24) is 14.5 Å². The van der Waals surface area contributed by atoms with Crippen LogP contribution in [0.2, 0.25) is 0 Å². The fourth-order valence-electron chi connectivity index (χ4n) is 3.12. The summed E-state index contributed by atoms with van der Waals surface area (Å²) in [4.78, 5) is 32.7. The standard InChI is InChI=1S/C20H21N7O2/c1-12-10-22-20(23-14-5-6-15-13(9-14)4-7-17(28)24-15)26-18(12)25-16-3-2-8-27(11-21)19(16)29/h2-3,5-6,8-10H,4,7,11,21H2,1H3,(H,24,28)(H2,22,23,25,26). The number of benzene rings is 1. The van der Waals surface area contributed by atoms with Gasteiger partial charge in [0.05, 0.1) is 6.67 Å². The van der Waals surface area contributed by atoms with Gasteiger partial charge in [-0.1, -0.05) is 0 Å². The Labute approximate surface area is 167 Å². The Bertz CT molecular complexity index is 1140. The van der Waals surface area contributed by atoms with Crippen LogP contribution in [0.25, 0.3) is 0 Å². The van der Waals surface area contributed by atoms with Crippen molar-refractivity contribution in [2.24, 2.45) is 5.73 Å². The molecule has 1 amide bonds. The highest BCUT2D eigenvalue weighted by atomic mass is 16.1. The molecule has 29 heavy (non-hydrogen) atoms. The highest BCUT2D eigenvalue weighted by Gasteiger charge is 2.15. The van der Waals surface area contributed by atoms with Crippen molar-refractivity contribution in [1.29, 1.82) is 0 Å². The highest BCUT2D eigenvalue weighted by molar-refractivity contribution is 5.94. The van der Waals surface area contributed by atoms with E-state index in [1.165, 1.54) is 4.57 Å².